The van der Waals surface area contributed by atoms with E-state index in [4.69, 9.17) is 6.85 Å². The van der Waals surface area contributed by atoms with Crippen molar-refractivity contribution in [3.8, 4) is 39.1 Å². The van der Waals surface area contributed by atoms with Gasteiger partial charge >= 0.3 is 0 Å². The molecule has 0 radical (unpaired) electrons. The zero-order valence-corrected chi connectivity index (χ0v) is 23.2. The summed E-state index contributed by atoms with van der Waals surface area (Å²) in [6.07, 6.45) is 0. The first-order valence-corrected chi connectivity index (χ1v) is 14.8. The molecule has 196 valence electrons. The normalized spacial score (nSPS) is 13.9. The summed E-state index contributed by atoms with van der Waals surface area (Å²) in [5.74, 6) is 0. The maximum atomic E-state index is 8.55. The molecular weight excluding hydrogens is 527 g/mol. The van der Waals surface area contributed by atoms with Gasteiger partial charge in [0.2, 0.25) is 0 Å². The minimum Gasteiger partial charge on any atom is -0.309 e. The van der Waals surface area contributed by atoms with Gasteiger partial charge in [-0.15, -0.1) is 0 Å². The molecule has 0 saturated carbocycles. The third-order valence-electron chi connectivity index (χ3n) is 8.28. The Hall–Kier alpha value is -5.05. The summed E-state index contributed by atoms with van der Waals surface area (Å²) < 4.78 is 43.9. The third-order valence-corrected chi connectivity index (χ3v) is 9.42. The third kappa shape index (κ3) is 3.52. The van der Waals surface area contributed by atoms with Crippen LogP contribution in [0.25, 0.3) is 71.6 Å². The van der Waals surface area contributed by atoms with Gasteiger partial charge in [-0.1, -0.05) is 121 Å². The second kappa shape index (κ2) is 9.24. The van der Waals surface area contributed by atoms with E-state index in [1.165, 1.54) is 21.2 Å². The van der Waals surface area contributed by atoms with E-state index in [1.54, 1.807) is 11.8 Å². The summed E-state index contributed by atoms with van der Waals surface area (Å²) in [5, 5.41) is 4.73. The SMILES string of the molecule is [2H]c1c([2H])c([2H])c(-c2ccc3c(c2)-c2cccc4c(-c5ccc6c7ccccc7n(-c7ccccc7)c6c5)ccc(c24)S3)c([2H])c1[2H]. The van der Waals surface area contributed by atoms with E-state index in [-0.39, 0.29) is 35.8 Å². The quantitative estimate of drug-likeness (QED) is 0.209. The number of fused-ring (bicyclic) bond motifs is 5. The Kier molecular flexibility index (Phi) is 4.21. The van der Waals surface area contributed by atoms with Crippen LogP contribution < -0.4 is 0 Å². The molecular formula is C40H25NS. The minimum absolute atomic E-state index is 0.191. The first-order chi connectivity index (χ1) is 22.9. The van der Waals surface area contributed by atoms with Crippen molar-refractivity contribution in [2.24, 2.45) is 0 Å². The van der Waals surface area contributed by atoms with E-state index in [2.05, 4.69) is 102 Å². The highest BCUT2D eigenvalue weighted by molar-refractivity contribution is 7.99. The van der Waals surface area contributed by atoms with Crippen LogP contribution in [0.15, 0.2) is 161 Å². The fourth-order valence-electron chi connectivity index (χ4n) is 6.43. The molecule has 2 heteroatoms. The average molecular weight is 557 g/mol. The second-order valence-corrected chi connectivity index (χ2v) is 11.7. The van der Waals surface area contributed by atoms with E-state index in [0.29, 0.717) is 5.56 Å². The molecule has 0 aliphatic carbocycles. The molecule has 42 heavy (non-hydrogen) atoms. The lowest BCUT2D eigenvalue weighted by molar-refractivity contribution is 1.18. The molecule has 1 aliphatic rings. The molecule has 2 heterocycles. The number of para-hydroxylation sites is 2. The monoisotopic (exact) mass is 556 g/mol. The van der Waals surface area contributed by atoms with Crippen molar-refractivity contribution in [3.05, 3.63) is 152 Å². The lowest BCUT2D eigenvalue weighted by Crippen LogP contribution is -1.95. The van der Waals surface area contributed by atoms with Gasteiger partial charge in [-0.05, 0) is 81.2 Å². The Bertz CT molecular complexity index is 2580. The number of benzene rings is 7. The van der Waals surface area contributed by atoms with Gasteiger partial charge in [0, 0.05) is 31.6 Å². The minimum atomic E-state index is -0.384. The van der Waals surface area contributed by atoms with Gasteiger partial charge in [0.25, 0.3) is 0 Å². The Balaban J connectivity index is 1.25. The van der Waals surface area contributed by atoms with Crippen molar-refractivity contribution in [2.75, 3.05) is 0 Å². The second-order valence-electron chi connectivity index (χ2n) is 10.6. The molecule has 0 N–H and O–H groups in total. The highest BCUT2D eigenvalue weighted by Gasteiger charge is 2.22. The van der Waals surface area contributed by atoms with Gasteiger partial charge in [0.1, 0.15) is 0 Å². The van der Waals surface area contributed by atoms with Gasteiger partial charge in [-0.2, -0.15) is 0 Å². The van der Waals surface area contributed by atoms with E-state index in [0.717, 1.165) is 49.1 Å². The van der Waals surface area contributed by atoms with Crippen LogP contribution >= 0.6 is 11.8 Å². The van der Waals surface area contributed by atoms with Gasteiger partial charge in [0.05, 0.1) is 17.9 Å². The lowest BCUT2D eigenvalue weighted by atomic mass is 9.91. The predicted molar refractivity (Wildman–Crippen MR) is 179 cm³/mol. The van der Waals surface area contributed by atoms with Gasteiger partial charge in [0.15, 0.2) is 0 Å². The summed E-state index contributed by atoms with van der Waals surface area (Å²) in [6, 6.07) is 41.0. The van der Waals surface area contributed by atoms with Gasteiger partial charge in [-0.25, -0.2) is 0 Å². The zero-order valence-electron chi connectivity index (χ0n) is 27.4. The van der Waals surface area contributed by atoms with Crippen LogP contribution in [0.2, 0.25) is 0 Å². The number of aromatic nitrogens is 1. The highest BCUT2D eigenvalue weighted by atomic mass is 32.2. The van der Waals surface area contributed by atoms with Crippen LogP contribution in [0.4, 0.5) is 0 Å². The van der Waals surface area contributed by atoms with Crippen LogP contribution in [0, 0.1) is 0 Å². The molecule has 8 aromatic rings. The summed E-state index contributed by atoms with van der Waals surface area (Å²) in [4.78, 5) is 2.24. The summed E-state index contributed by atoms with van der Waals surface area (Å²) in [7, 11) is 0. The Morgan fingerprint density at radius 2 is 1.24 bits per heavy atom. The van der Waals surface area contributed by atoms with E-state index in [9.17, 15) is 0 Å². The van der Waals surface area contributed by atoms with Crippen LogP contribution in [-0.2, 0) is 0 Å². The van der Waals surface area contributed by atoms with E-state index >= 15 is 0 Å². The van der Waals surface area contributed by atoms with Crippen molar-refractivity contribution >= 4 is 44.3 Å². The number of hydrogen-bond donors (Lipinski definition) is 0. The maximum Gasteiger partial charge on any atom is 0.0629 e. The van der Waals surface area contributed by atoms with Crippen molar-refractivity contribution in [1.29, 1.82) is 0 Å². The van der Waals surface area contributed by atoms with E-state index in [1.807, 2.05) is 24.3 Å². The molecule has 1 nitrogen and oxygen atoms in total. The summed E-state index contributed by atoms with van der Waals surface area (Å²) in [6.45, 7) is 0. The van der Waals surface area contributed by atoms with Crippen molar-refractivity contribution in [2.45, 2.75) is 9.79 Å². The molecule has 1 aromatic heterocycles. The summed E-state index contributed by atoms with van der Waals surface area (Å²) in [5.41, 5.74) is 8.61. The zero-order chi connectivity index (χ0) is 32.0. The van der Waals surface area contributed by atoms with Crippen LogP contribution in [0.5, 0.6) is 0 Å². The first-order valence-electron chi connectivity index (χ1n) is 16.4. The van der Waals surface area contributed by atoms with Crippen LogP contribution in [0.3, 0.4) is 0 Å². The van der Waals surface area contributed by atoms with Gasteiger partial charge in [-0.3, -0.25) is 0 Å². The average Bonchev–Trinajstić information content (AvgIpc) is 3.44. The molecule has 0 spiro atoms. The first kappa shape index (κ1) is 19.1. The molecule has 1 aliphatic heterocycles. The highest BCUT2D eigenvalue weighted by Crippen LogP contribution is 2.50. The Morgan fingerprint density at radius 1 is 0.476 bits per heavy atom. The maximum absolute atomic E-state index is 8.55. The van der Waals surface area contributed by atoms with Crippen molar-refractivity contribution in [1.82, 2.24) is 4.57 Å². The molecule has 0 unspecified atom stereocenters. The lowest BCUT2D eigenvalue weighted by Gasteiger charge is -2.22. The molecule has 0 amide bonds. The fraction of sp³-hybridized carbons (Fsp3) is 0. The Labute approximate surface area is 255 Å². The molecule has 0 saturated heterocycles. The van der Waals surface area contributed by atoms with Crippen LogP contribution in [0.1, 0.15) is 6.85 Å². The molecule has 0 bridgehead atoms. The van der Waals surface area contributed by atoms with Crippen LogP contribution in [-0.4, -0.2) is 4.57 Å². The standard InChI is InChI=1S/C40H25NS/c1-3-10-26(11-4-1)27-19-22-38-35(24-27)34-16-9-15-33-30(21-23-39(42-38)40(33)34)28-18-20-32-31-14-7-8-17-36(31)41(37(32)25-28)29-12-5-2-6-13-29/h1-25H/i1D,3D,4D,10D,11D. The number of nitrogens with zero attached hydrogens (tertiary/aromatic N) is 1. The number of hydrogen-bond acceptors (Lipinski definition) is 1. The predicted octanol–water partition coefficient (Wildman–Crippen LogP) is 11.4. The smallest absolute Gasteiger partial charge is 0.0629 e. The van der Waals surface area contributed by atoms with Crippen molar-refractivity contribution < 1.29 is 6.85 Å². The molecule has 0 atom stereocenters. The summed E-state index contributed by atoms with van der Waals surface area (Å²) >= 11 is 1.70. The Morgan fingerprint density at radius 3 is 2.14 bits per heavy atom. The topological polar surface area (TPSA) is 4.93 Å². The number of rotatable bonds is 3. The molecule has 9 rings (SSSR count). The van der Waals surface area contributed by atoms with E-state index < -0.39 is 0 Å². The van der Waals surface area contributed by atoms with Gasteiger partial charge < -0.3 is 4.57 Å². The molecule has 0 fully saturated rings. The fourth-order valence-corrected chi connectivity index (χ4v) is 7.54. The van der Waals surface area contributed by atoms with Crippen molar-refractivity contribution in [3.63, 3.8) is 0 Å². The largest absolute Gasteiger partial charge is 0.309 e. The molecule has 7 aromatic carbocycles.